The summed E-state index contributed by atoms with van der Waals surface area (Å²) < 4.78 is 4.87. The fourth-order valence-electron chi connectivity index (χ4n) is 1.11. The third-order valence-electron chi connectivity index (χ3n) is 1.83. The van der Waals surface area contributed by atoms with Crippen molar-refractivity contribution in [3.63, 3.8) is 0 Å². The maximum atomic E-state index is 11.6. The molecule has 0 radical (unpaired) electrons. The topological polar surface area (TPSA) is 64.3 Å². The molecule has 15 heavy (non-hydrogen) atoms. The van der Waals surface area contributed by atoms with Crippen LogP contribution in [-0.2, 0) is 4.74 Å². The van der Waals surface area contributed by atoms with Crippen molar-refractivity contribution in [1.82, 2.24) is 5.32 Å². The lowest BCUT2D eigenvalue weighted by molar-refractivity contribution is 0.0944. The third kappa shape index (κ3) is 3.34. The van der Waals surface area contributed by atoms with E-state index in [1.807, 2.05) is 0 Å². The first kappa shape index (κ1) is 11.1. The van der Waals surface area contributed by atoms with Crippen LogP contribution in [0.3, 0.4) is 0 Å². The van der Waals surface area contributed by atoms with Crippen molar-refractivity contribution in [3.8, 4) is 0 Å². The smallest absolute Gasteiger partial charge is 0.253 e. The van der Waals surface area contributed by atoms with Crippen LogP contribution in [0.4, 0.5) is 5.69 Å². The molecule has 0 heterocycles. The summed E-state index contributed by atoms with van der Waals surface area (Å²) in [6.07, 6.45) is 1.34. The molecular weight excluding hydrogens is 192 g/mol. The second kappa shape index (κ2) is 5.70. The summed E-state index contributed by atoms with van der Waals surface area (Å²) in [5, 5.41) is 2.68. The maximum absolute atomic E-state index is 11.6. The predicted octanol–water partition coefficient (Wildman–Crippen LogP) is 1.16. The predicted molar refractivity (Wildman–Crippen MR) is 59.3 cm³/mol. The van der Waals surface area contributed by atoms with Gasteiger partial charge in [-0.15, -0.1) is 0 Å². The SMILES string of the molecule is C=COCCNC(=O)c1ccccc1N. The van der Waals surface area contributed by atoms with Crippen molar-refractivity contribution in [2.45, 2.75) is 0 Å². The van der Waals surface area contributed by atoms with Gasteiger partial charge in [-0.1, -0.05) is 18.7 Å². The first-order valence-electron chi connectivity index (χ1n) is 4.61. The molecule has 0 saturated heterocycles. The zero-order valence-corrected chi connectivity index (χ0v) is 8.40. The van der Waals surface area contributed by atoms with Gasteiger partial charge in [0.15, 0.2) is 0 Å². The molecule has 0 unspecified atom stereocenters. The lowest BCUT2D eigenvalue weighted by Crippen LogP contribution is -2.27. The van der Waals surface area contributed by atoms with Crippen molar-refractivity contribution in [2.24, 2.45) is 0 Å². The number of carbonyl (C=O) groups is 1. The minimum Gasteiger partial charge on any atom is -0.500 e. The fraction of sp³-hybridized carbons (Fsp3) is 0.182. The Morgan fingerprint density at radius 2 is 2.27 bits per heavy atom. The van der Waals surface area contributed by atoms with Crippen LogP contribution in [0, 0.1) is 0 Å². The van der Waals surface area contributed by atoms with Crippen molar-refractivity contribution in [3.05, 3.63) is 42.7 Å². The molecule has 0 aliphatic carbocycles. The highest BCUT2D eigenvalue weighted by molar-refractivity contribution is 5.98. The number of carbonyl (C=O) groups excluding carboxylic acids is 1. The maximum Gasteiger partial charge on any atom is 0.253 e. The number of amides is 1. The Kier molecular flexibility index (Phi) is 4.22. The highest BCUT2D eigenvalue weighted by atomic mass is 16.5. The zero-order valence-electron chi connectivity index (χ0n) is 8.40. The van der Waals surface area contributed by atoms with Gasteiger partial charge in [-0.2, -0.15) is 0 Å². The van der Waals surface area contributed by atoms with Crippen molar-refractivity contribution >= 4 is 11.6 Å². The van der Waals surface area contributed by atoms with Crippen LogP contribution in [0.5, 0.6) is 0 Å². The number of hydrogen-bond acceptors (Lipinski definition) is 3. The van der Waals surface area contributed by atoms with Gasteiger partial charge in [0, 0.05) is 5.69 Å². The summed E-state index contributed by atoms with van der Waals surface area (Å²) >= 11 is 0. The van der Waals surface area contributed by atoms with Gasteiger partial charge in [-0.05, 0) is 12.1 Å². The fourth-order valence-corrected chi connectivity index (χ4v) is 1.11. The molecule has 4 nitrogen and oxygen atoms in total. The lowest BCUT2D eigenvalue weighted by Gasteiger charge is -2.06. The molecule has 0 saturated carbocycles. The van der Waals surface area contributed by atoms with Crippen LogP contribution in [0.15, 0.2) is 37.1 Å². The molecule has 4 heteroatoms. The number of nitrogens with two attached hydrogens (primary N) is 1. The monoisotopic (exact) mass is 206 g/mol. The summed E-state index contributed by atoms with van der Waals surface area (Å²) in [5.41, 5.74) is 6.60. The van der Waals surface area contributed by atoms with Crippen LogP contribution >= 0.6 is 0 Å². The first-order chi connectivity index (χ1) is 7.25. The van der Waals surface area contributed by atoms with Crippen LogP contribution < -0.4 is 11.1 Å². The minimum atomic E-state index is -0.194. The Morgan fingerprint density at radius 1 is 1.53 bits per heavy atom. The van der Waals surface area contributed by atoms with Gasteiger partial charge in [-0.25, -0.2) is 0 Å². The van der Waals surface area contributed by atoms with E-state index < -0.39 is 0 Å². The highest BCUT2D eigenvalue weighted by Crippen LogP contribution is 2.09. The van der Waals surface area contributed by atoms with E-state index in [1.165, 1.54) is 6.26 Å². The lowest BCUT2D eigenvalue weighted by atomic mass is 10.2. The Hall–Kier alpha value is -1.97. The van der Waals surface area contributed by atoms with Gasteiger partial charge in [0.1, 0.15) is 6.61 Å². The molecule has 1 amide bonds. The van der Waals surface area contributed by atoms with Crippen molar-refractivity contribution in [1.29, 1.82) is 0 Å². The summed E-state index contributed by atoms with van der Waals surface area (Å²) in [4.78, 5) is 11.6. The molecule has 1 aromatic rings. The van der Waals surface area contributed by atoms with Gasteiger partial charge in [0.25, 0.3) is 5.91 Å². The molecule has 0 aromatic heterocycles. The van der Waals surface area contributed by atoms with Crippen LogP contribution in [0.2, 0.25) is 0 Å². The summed E-state index contributed by atoms with van der Waals surface area (Å²) in [6, 6.07) is 6.92. The van der Waals surface area contributed by atoms with Crippen LogP contribution in [0.1, 0.15) is 10.4 Å². The van der Waals surface area contributed by atoms with E-state index in [2.05, 4.69) is 11.9 Å². The Bertz CT molecular complexity index is 350. The van der Waals surface area contributed by atoms with Crippen molar-refractivity contribution in [2.75, 3.05) is 18.9 Å². The molecular formula is C11H14N2O2. The van der Waals surface area contributed by atoms with E-state index in [0.717, 1.165) is 0 Å². The molecule has 0 aliphatic heterocycles. The van der Waals surface area contributed by atoms with E-state index in [0.29, 0.717) is 24.4 Å². The molecule has 0 bridgehead atoms. The number of ether oxygens (including phenoxy) is 1. The van der Waals surface area contributed by atoms with Crippen LogP contribution in [0.25, 0.3) is 0 Å². The van der Waals surface area contributed by atoms with Crippen LogP contribution in [-0.4, -0.2) is 19.1 Å². The number of anilines is 1. The Morgan fingerprint density at radius 3 is 2.93 bits per heavy atom. The van der Waals surface area contributed by atoms with Gasteiger partial charge < -0.3 is 15.8 Å². The van der Waals surface area contributed by atoms with Gasteiger partial charge in [-0.3, -0.25) is 4.79 Å². The van der Waals surface area contributed by atoms with E-state index >= 15 is 0 Å². The number of nitrogens with one attached hydrogen (secondary N) is 1. The molecule has 0 spiro atoms. The summed E-state index contributed by atoms with van der Waals surface area (Å²) in [5.74, 6) is -0.194. The molecule has 80 valence electrons. The summed E-state index contributed by atoms with van der Waals surface area (Å²) in [7, 11) is 0. The standard InChI is InChI=1S/C11H14N2O2/c1-2-15-8-7-13-11(14)9-5-3-4-6-10(9)12/h2-6H,1,7-8,12H2,(H,13,14). The second-order valence-electron chi connectivity index (χ2n) is 2.88. The molecule has 0 fully saturated rings. The number of benzene rings is 1. The second-order valence-corrected chi connectivity index (χ2v) is 2.88. The molecule has 3 N–H and O–H groups in total. The average Bonchev–Trinajstić information content (AvgIpc) is 2.25. The van der Waals surface area contributed by atoms with E-state index in [9.17, 15) is 4.79 Å². The largest absolute Gasteiger partial charge is 0.500 e. The first-order valence-corrected chi connectivity index (χ1v) is 4.61. The molecule has 0 atom stereocenters. The van der Waals surface area contributed by atoms with Gasteiger partial charge in [0.05, 0.1) is 18.4 Å². The van der Waals surface area contributed by atoms with E-state index in [1.54, 1.807) is 24.3 Å². The van der Waals surface area contributed by atoms with Gasteiger partial charge >= 0.3 is 0 Å². The Labute approximate surface area is 88.7 Å². The van der Waals surface area contributed by atoms with E-state index in [-0.39, 0.29) is 5.91 Å². The highest BCUT2D eigenvalue weighted by Gasteiger charge is 2.07. The average molecular weight is 206 g/mol. The molecule has 1 aromatic carbocycles. The quantitative estimate of drug-likeness (QED) is 0.431. The molecule has 0 aliphatic rings. The van der Waals surface area contributed by atoms with E-state index in [4.69, 9.17) is 10.5 Å². The normalized spacial score (nSPS) is 9.33. The minimum absolute atomic E-state index is 0.194. The number of hydrogen-bond donors (Lipinski definition) is 2. The third-order valence-corrected chi connectivity index (χ3v) is 1.83. The van der Waals surface area contributed by atoms with Gasteiger partial charge in [0.2, 0.25) is 0 Å². The summed E-state index contributed by atoms with van der Waals surface area (Å²) in [6.45, 7) is 4.23. The molecule has 1 rings (SSSR count). The number of rotatable bonds is 5. The number of para-hydroxylation sites is 1. The Balaban J connectivity index is 2.47. The zero-order chi connectivity index (χ0) is 11.1. The van der Waals surface area contributed by atoms with Crippen molar-refractivity contribution < 1.29 is 9.53 Å². The number of nitrogen functional groups attached to an aromatic ring is 1.